The lowest BCUT2D eigenvalue weighted by molar-refractivity contribution is 0.564. The summed E-state index contributed by atoms with van der Waals surface area (Å²) in [6.45, 7) is 17.0. The van der Waals surface area contributed by atoms with Crippen LogP contribution < -0.4 is 0 Å². The van der Waals surface area contributed by atoms with Crippen molar-refractivity contribution in [1.82, 2.24) is 0 Å². The minimum atomic E-state index is 0.646. The van der Waals surface area contributed by atoms with Gasteiger partial charge >= 0.3 is 0 Å². The number of carbonyl (C=O) groups excluding carboxylic acids is 4. The van der Waals surface area contributed by atoms with Gasteiger partial charge in [-0.1, -0.05) is 154 Å². The summed E-state index contributed by atoms with van der Waals surface area (Å²) in [6, 6.07) is 35.9. The lowest BCUT2D eigenvalue weighted by Gasteiger charge is -1.83. The van der Waals surface area contributed by atoms with Crippen molar-refractivity contribution in [2.45, 2.75) is 81.1 Å². The molecule has 0 N–H and O–H groups in total. The maximum atomic E-state index is 9.68. The molecule has 4 rings (SSSR count). The normalized spacial score (nSPS) is 7.50. The second kappa shape index (κ2) is 45.8. The van der Waals surface area contributed by atoms with E-state index < -0.39 is 0 Å². The number of hydrogen-bond acceptors (Lipinski definition) is 8. The van der Waals surface area contributed by atoms with Gasteiger partial charge in [0.15, 0.2) is 0 Å². The van der Waals surface area contributed by atoms with E-state index in [0.717, 1.165) is 0 Å². The second-order valence-electron chi connectivity index (χ2n) is 8.98. The van der Waals surface area contributed by atoms with E-state index in [2.05, 4.69) is 75.4 Å². The van der Waals surface area contributed by atoms with E-state index >= 15 is 0 Å². The van der Waals surface area contributed by atoms with Gasteiger partial charge in [0.2, 0.25) is 24.3 Å². The molecule has 0 spiro atoms. The van der Waals surface area contributed by atoms with Crippen molar-refractivity contribution in [3.63, 3.8) is 0 Å². The molecular weight excluding hydrogens is 600 g/mol. The van der Waals surface area contributed by atoms with Gasteiger partial charge in [-0.15, -0.1) is 0 Å². The molecule has 0 saturated heterocycles. The monoisotopic (exact) mass is 652 g/mol. The predicted octanol–water partition coefficient (Wildman–Crippen LogP) is 12.3. The van der Waals surface area contributed by atoms with Gasteiger partial charge in [-0.05, 0) is 48.5 Å². The molecule has 0 atom stereocenters. The van der Waals surface area contributed by atoms with Gasteiger partial charge in [-0.2, -0.15) is 20.0 Å². The number of benzene rings is 4. The topological polar surface area (TPSA) is 118 Å². The highest BCUT2D eigenvalue weighted by atomic mass is 16.1. The van der Waals surface area contributed by atoms with Crippen LogP contribution in [0.15, 0.2) is 141 Å². The van der Waals surface area contributed by atoms with Crippen molar-refractivity contribution in [3.8, 4) is 0 Å². The van der Waals surface area contributed by atoms with E-state index in [4.69, 9.17) is 0 Å². The Labute approximate surface area is 288 Å². The lowest BCUT2D eigenvalue weighted by atomic mass is 10.3. The molecule has 0 aliphatic carbocycles. The Morgan fingerprint density at radius 2 is 0.438 bits per heavy atom. The summed E-state index contributed by atoms with van der Waals surface area (Å²) < 4.78 is 0. The molecule has 0 unspecified atom stereocenters. The van der Waals surface area contributed by atoms with Crippen molar-refractivity contribution in [2.75, 3.05) is 0 Å². The molecule has 0 saturated carbocycles. The molecule has 0 aromatic heterocycles. The average molecular weight is 653 g/mol. The first-order valence-electron chi connectivity index (χ1n) is 15.9. The maximum absolute atomic E-state index is 9.68. The van der Waals surface area contributed by atoms with Crippen molar-refractivity contribution >= 4 is 47.1 Å². The van der Waals surface area contributed by atoms with Crippen LogP contribution in [0.3, 0.4) is 0 Å². The van der Waals surface area contributed by atoms with Crippen LogP contribution in [0.2, 0.25) is 0 Å². The minimum Gasteiger partial charge on any atom is -0.211 e. The largest absolute Gasteiger partial charge is 0.240 e. The molecule has 8 nitrogen and oxygen atoms in total. The molecule has 48 heavy (non-hydrogen) atoms. The van der Waals surface area contributed by atoms with Gasteiger partial charge in [-0.3, -0.25) is 0 Å². The third-order valence-electron chi connectivity index (χ3n) is 3.72. The van der Waals surface area contributed by atoms with Crippen LogP contribution in [0.5, 0.6) is 0 Å². The zero-order chi connectivity index (χ0) is 36.9. The van der Waals surface area contributed by atoms with E-state index in [0.29, 0.717) is 22.7 Å². The fourth-order valence-electron chi connectivity index (χ4n) is 2.22. The van der Waals surface area contributed by atoms with Gasteiger partial charge in [0.25, 0.3) is 0 Å². The molecule has 4 aromatic carbocycles. The second-order valence-corrected chi connectivity index (χ2v) is 8.98. The fraction of sp³-hybridized carbons (Fsp3) is 0.300. The SMILES string of the molecule is CCC.CCC.CCC.CCC.O=C=Nc1ccccc1.O=C=Nc1ccccc1.O=C=Nc1ccccc1.O=C=Nc1ccccc1. The van der Waals surface area contributed by atoms with Crippen LogP contribution in [-0.2, 0) is 19.2 Å². The van der Waals surface area contributed by atoms with Gasteiger partial charge in [0.05, 0.1) is 22.7 Å². The van der Waals surface area contributed by atoms with E-state index in [9.17, 15) is 19.2 Å². The van der Waals surface area contributed by atoms with Crippen LogP contribution in [-0.4, -0.2) is 24.3 Å². The number of rotatable bonds is 4. The zero-order valence-corrected chi connectivity index (χ0v) is 29.8. The molecule has 4 aromatic rings. The minimum absolute atomic E-state index is 0.646. The summed E-state index contributed by atoms with van der Waals surface area (Å²) in [5.41, 5.74) is 2.58. The van der Waals surface area contributed by atoms with Gasteiger partial charge in [0, 0.05) is 0 Å². The molecule has 0 aliphatic rings. The predicted molar refractivity (Wildman–Crippen MR) is 201 cm³/mol. The smallest absolute Gasteiger partial charge is 0.211 e. The summed E-state index contributed by atoms with van der Waals surface area (Å²) in [5.74, 6) is 0. The molecule has 0 radical (unpaired) electrons. The standard InChI is InChI=1S/4C7H5NO.4C3H8/c4*9-6-8-7-4-2-1-3-5-7;4*1-3-2/h4*1-5H;4*3H2,1-2H3. The van der Waals surface area contributed by atoms with Crippen molar-refractivity contribution < 1.29 is 19.2 Å². The molecule has 0 heterocycles. The quantitative estimate of drug-likeness (QED) is 0.161. The molecule has 0 amide bonds. The van der Waals surface area contributed by atoms with Crippen LogP contribution >= 0.6 is 0 Å². The number of para-hydroxylation sites is 4. The van der Waals surface area contributed by atoms with Gasteiger partial charge in [0.1, 0.15) is 0 Å². The molecular formula is C40H52N4O4. The summed E-state index contributed by atoms with van der Waals surface area (Å²) in [6.07, 6.45) is 10.8. The Morgan fingerprint density at radius 3 is 0.542 bits per heavy atom. The molecule has 8 heteroatoms. The number of aliphatic imine (C=N–C) groups is 4. The highest BCUT2D eigenvalue weighted by Gasteiger charge is 1.82. The van der Waals surface area contributed by atoms with Crippen molar-refractivity contribution in [2.24, 2.45) is 20.0 Å². The first-order valence-corrected chi connectivity index (χ1v) is 15.9. The number of isocyanates is 4. The average Bonchev–Trinajstić information content (AvgIpc) is 3.10. The van der Waals surface area contributed by atoms with E-state index in [-0.39, 0.29) is 0 Å². The summed E-state index contributed by atoms with van der Waals surface area (Å²) in [4.78, 5) is 52.3. The Bertz CT molecular complexity index is 1170. The van der Waals surface area contributed by atoms with Crippen molar-refractivity contribution in [3.05, 3.63) is 121 Å². The molecule has 256 valence electrons. The third-order valence-corrected chi connectivity index (χ3v) is 3.72. The van der Waals surface area contributed by atoms with E-state index in [1.807, 2.05) is 72.8 Å². The Hall–Kier alpha value is -5.60. The lowest BCUT2D eigenvalue weighted by Crippen LogP contribution is -1.59. The molecule has 0 fully saturated rings. The Balaban J connectivity index is -0.000000242. The third kappa shape index (κ3) is 42.5. The van der Waals surface area contributed by atoms with E-state index in [1.165, 1.54) is 50.0 Å². The number of nitrogens with zero attached hydrogens (tertiary/aromatic N) is 4. The highest BCUT2D eigenvalue weighted by Crippen LogP contribution is 2.09. The first-order chi connectivity index (χ1) is 23.4. The highest BCUT2D eigenvalue weighted by molar-refractivity contribution is 5.49. The zero-order valence-electron chi connectivity index (χ0n) is 29.8. The first kappa shape index (κ1) is 49.3. The number of hydrogen-bond donors (Lipinski definition) is 0. The molecule has 0 bridgehead atoms. The maximum Gasteiger partial charge on any atom is 0.240 e. The summed E-state index contributed by atoms with van der Waals surface area (Å²) in [7, 11) is 0. The summed E-state index contributed by atoms with van der Waals surface area (Å²) >= 11 is 0. The van der Waals surface area contributed by atoms with Crippen molar-refractivity contribution in [1.29, 1.82) is 0 Å². The fourth-order valence-corrected chi connectivity index (χ4v) is 2.22. The van der Waals surface area contributed by atoms with Crippen LogP contribution in [0.4, 0.5) is 22.7 Å². The van der Waals surface area contributed by atoms with Crippen LogP contribution in [0.1, 0.15) is 81.1 Å². The Kier molecular flexibility index (Phi) is 47.1. The van der Waals surface area contributed by atoms with Gasteiger partial charge < -0.3 is 0 Å². The summed E-state index contributed by atoms with van der Waals surface area (Å²) in [5, 5.41) is 0. The molecule has 0 aliphatic heterocycles. The van der Waals surface area contributed by atoms with E-state index in [1.54, 1.807) is 48.5 Å². The Morgan fingerprint density at radius 1 is 0.312 bits per heavy atom. The van der Waals surface area contributed by atoms with Gasteiger partial charge in [-0.25, -0.2) is 19.2 Å². The van der Waals surface area contributed by atoms with Crippen LogP contribution in [0, 0.1) is 0 Å². The van der Waals surface area contributed by atoms with Crippen LogP contribution in [0.25, 0.3) is 0 Å².